The van der Waals surface area contributed by atoms with Crippen LogP contribution in [-0.2, 0) is 13.0 Å². The molecule has 27 heavy (non-hydrogen) atoms. The minimum absolute atomic E-state index is 0.000191. The number of rotatable bonds is 5. The van der Waals surface area contributed by atoms with E-state index in [1.54, 1.807) is 6.26 Å². The van der Waals surface area contributed by atoms with Crippen molar-refractivity contribution >= 4 is 21.8 Å². The molecule has 0 saturated carbocycles. The minimum Gasteiger partial charge on any atom is -0.468 e. The molecule has 138 valence electrons. The lowest BCUT2D eigenvalue weighted by atomic mass is 9.98. The molecule has 1 N–H and O–H groups in total. The molecule has 0 fully saturated rings. The van der Waals surface area contributed by atoms with Gasteiger partial charge < -0.3 is 9.73 Å². The van der Waals surface area contributed by atoms with Crippen LogP contribution in [-0.4, -0.2) is 23.9 Å². The summed E-state index contributed by atoms with van der Waals surface area (Å²) in [7, 11) is 0. The number of halogens is 1. The Morgan fingerprint density at radius 2 is 1.85 bits per heavy atom. The Morgan fingerprint density at radius 3 is 2.63 bits per heavy atom. The van der Waals surface area contributed by atoms with Gasteiger partial charge in [0.1, 0.15) is 5.76 Å². The first-order valence-electron chi connectivity index (χ1n) is 9.09. The number of hydrogen-bond acceptors (Lipinski definition) is 3. The van der Waals surface area contributed by atoms with Crippen LogP contribution in [0, 0.1) is 0 Å². The topological polar surface area (TPSA) is 45.5 Å². The van der Waals surface area contributed by atoms with Crippen molar-refractivity contribution in [3.8, 4) is 0 Å². The molecule has 0 radical (unpaired) electrons. The van der Waals surface area contributed by atoms with Crippen LogP contribution < -0.4 is 5.32 Å². The van der Waals surface area contributed by atoms with Gasteiger partial charge in [0.2, 0.25) is 0 Å². The summed E-state index contributed by atoms with van der Waals surface area (Å²) in [4.78, 5) is 15.0. The summed E-state index contributed by atoms with van der Waals surface area (Å²) in [5.41, 5.74) is 3.39. The fourth-order valence-electron chi connectivity index (χ4n) is 3.60. The summed E-state index contributed by atoms with van der Waals surface area (Å²) in [6.07, 6.45) is 2.70. The van der Waals surface area contributed by atoms with Crippen molar-refractivity contribution in [1.29, 1.82) is 0 Å². The molecular formula is C22H21BrN2O2. The van der Waals surface area contributed by atoms with E-state index in [1.807, 2.05) is 36.4 Å². The maximum atomic E-state index is 12.6. The Labute approximate surface area is 167 Å². The average molecular weight is 425 g/mol. The van der Waals surface area contributed by atoms with E-state index in [2.05, 4.69) is 50.4 Å². The third kappa shape index (κ3) is 3.99. The summed E-state index contributed by atoms with van der Waals surface area (Å²) in [5.74, 6) is 0.790. The molecule has 4 rings (SSSR count). The zero-order valence-electron chi connectivity index (χ0n) is 14.9. The van der Waals surface area contributed by atoms with Gasteiger partial charge in [0.05, 0.1) is 17.9 Å². The third-order valence-corrected chi connectivity index (χ3v) is 5.74. The number of benzene rings is 2. The van der Waals surface area contributed by atoms with Crippen molar-refractivity contribution in [2.24, 2.45) is 0 Å². The maximum Gasteiger partial charge on any atom is 0.252 e. The van der Waals surface area contributed by atoms with Gasteiger partial charge in [0, 0.05) is 24.1 Å². The first-order chi connectivity index (χ1) is 13.2. The largest absolute Gasteiger partial charge is 0.468 e. The molecule has 0 bridgehead atoms. The van der Waals surface area contributed by atoms with Crippen LogP contribution in [0.3, 0.4) is 0 Å². The van der Waals surface area contributed by atoms with Crippen LogP contribution in [0.15, 0.2) is 75.8 Å². The van der Waals surface area contributed by atoms with Gasteiger partial charge in [-0.2, -0.15) is 0 Å². The van der Waals surface area contributed by atoms with Crippen molar-refractivity contribution in [1.82, 2.24) is 10.2 Å². The van der Waals surface area contributed by atoms with Crippen molar-refractivity contribution in [2.75, 3.05) is 13.1 Å². The first-order valence-corrected chi connectivity index (χ1v) is 9.88. The fourth-order valence-corrected chi connectivity index (χ4v) is 4.07. The summed E-state index contributed by atoms with van der Waals surface area (Å²) in [5, 5.41) is 3.08. The van der Waals surface area contributed by atoms with E-state index in [0.29, 0.717) is 12.1 Å². The zero-order chi connectivity index (χ0) is 18.6. The van der Waals surface area contributed by atoms with Gasteiger partial charge in [-0.15, -0.1) is 0 Å². The van der Waals surface area contributed by atoms with E-state index in [9.17, 15) is 4.79 Å². The average Bonchev–Trinajstić information content (AvgIpc) is 3.23. The van der Waals surface area contributed by atoms with Gasteiger partial charge in [-0.1, -0.05) is 36.4 Å². The lowest BCUT2D eigenvalue weighted by Gasteiger charge is -2.34. The summed E-state index contributed by atoms with van der Waals surface area (Å²) in [6, 6.07) is 19.9. The number of carbonyl (C=O) groups excluding carboxylic acids is 1. The van der Waals surface area contributed by atoms with Gasteiger partial charge in [0.15, 0.2) is 0 Å². The Morgan fingerprint density at radius 1 is 1.07 bits per heavy atom. The van der Waals surface area contributed by atoms with Gasteiger partial charge in [0.25, 0.3) is 5.91 Å². The lowest BCUT2D eigenvalue weighted by Crippen LogP contribution is -2.40. The highest BCUT2D eigenvalue weighted by Crippen LogP contribution is 2.28. The second-order valence-corrected chi connectivity index (χ2v) is 7.56. The highest BCUT2D eigenvalue weighted by molar-refractivity contribution is 9.10. The SMILES string of the molecule is O=C(NC[C@@H](c1ccco1)N1CCc2ccccc2C1)c1ccccc1Br. The van der Waals surface area contributed by atoms with Crippen LogP contribution >= 0.6 is 15.9 Å². The molecule has 1 aromatic heterocycles. The molecule has 0 saturated heterocycles. The molecule has 5 heteroatoms. The highest BCUT2D eigenvalue weighted by atomic mass is 79.9. The van der Waals surface area contributed by atoms with E-state index in [0.717, 1.165) is 29.7 Å². The van der Waals surface area contributed by atoms with Crippen molar-refractivity contribution < 1.29 is 9.21 Å². The van der Waals surface area contributed by atoms with Crippen LogP contribution in [0.1, 0.15) is 33.3 Å². The van der Waals surface area contributed by atoms with Crippen LogP contribution in [0.4, 0.5) is 0 Å². The summed E-state index contributed by atoms with van der Waals surface area (Å²) < 4.78 is 6.49. The molecule has 2 heterocycles. The van der Waals surface area contributed by atoms with E-state index < -0.39 is 0 Å². The van der Waals surface area contributed by atoms with E-state index in [1.165, 1.54) is 11.1 Å². The number of carbonyl (C=O) groups is 1. The van der Waals surface area contributed by atoms with Crippen LogP contribution in [0.2, 0.25) is 0 Å². The van der Waals surface area contributed by atoms with Gasteiger partial charge in [-0.25, -0.2) is 0 Å². The Balaban J connectivity index is 1.51. The Bertz CT molecular complexity index is 924. The summed E-state index contributed by atoms with van der Waals surface area (Å²) >= 11 is 3.45. The second kappa shape index (κ2) is 8.11. The molecular weight excluding hydrogens is 404 g/mol. The first kappa shape index (κ1) is 18.0. The molecule has 1 aliphatic rings. The van der Waals surface area contributed by atoms with E-state index >= 15 is 0 Å². The highest BCUT2D eigenvalue weighted by Gasteiger charge is 2.27. The smallest absolute Gasteiger partial charge is 0.252 e. The molecule has 0 spiro atoms. The van der Waals surface area contributed by atoms with Gasteiger partial charge >= 0.3 is 0 Å². The monoisotopic (exact) mass is 424 g/mol. The molecule has 0 unspecified atom stereocenters. The van der Waals surface area contributed by atoms with Crippen molar-refractivity contribution in [3.63, 3.8) is 0 Å². The van der Waals surface area contributed by atoms with Crippen LogP contribution in [0.5, 0.6) is 0 Å². The number of hydrogen-bond donors (Lipinski definition) is 1. The predicted molar refractivity (Wildman–Crippen MR) is 108 cm³/mol. The third-order valence-electron chi connectivity index (χ3n) is 5.05. The van der Waals surface area contributed by atoms with Crippen LogP contribution in [0.25, 0.3) is 0 Å². The van der Waals surface area contributed by atoms with Gasteiger partial charge in [-0.05, 0) is 57.7 Å². The van der Waals surface area contributed by atoms with E-state index in [-0.39, 0.29) is 11.9 Å². The Kier molecular flexibility index (Phi) is 5.41. The molecule has 3 aromatic rings. The number of nitrogens with zero attached hydrogens (tertiary/aromatic N) is 1. The van der Waals surface area contributed by atoms with Crippen molar-refractivity contribution in [2.45, 2.75) is 19.0 Å². The molecule has 1 atom stereocenters. The molecule has 0 aliphatic carbocycles. The quantitative estimate of drug-likeness (QED) is 0.652. The molecule has 1 aliphatic heterocycles. The maximum absolute atomic E-state index is 12.6. The lowest BCUT2D eigenvalue weighted by molar-refractivity contribution is 0.0918. The zero-order valence-corrected chi connectivity index (χ0v) is 16.5. The van der Waals surface area contributed by atoms with E-state index in [4.69, 9.17) is 4.42 Å². The number of amides is 1. The molecule has 2 aromatic carbocycles. The predicted octanol–water partition coefficient (Wildman–Crippen LogP) is 4.57. The normalized spacial score (nSPS) is 15.1. The summed E-state index contributed by atoms with van der Waals surface area (Å²) in [6.45, 7) is 2.29. The number of fused-ring (bicyclic) bond motifs is 1. The number of furan rings is 1. The van der Waals surface area contributed by atoms with Crippen molar-refractivity contribution in [3.05, 3.63) is 93.9 Å². The minimum atomic E-state index is -0.0866. The molecule has 1 amide bonds. The molecule has 4 nitrogen and oxygen atoms in total. The number of nitrogens with one attached hydrogen (secondary N) is 1. The second-order valence-electron chi connectivity index (χ2n) is 6.71. The Hall–Kier alpha value is -2.37. The standard InChI is InChI=1S/C22H21BrN2O2/c23-19-9-4-3-8-18(19)22(26)24-14-20(21-10-5-13-27-21)25-12-11-16-6-1-2-7-17(16)15-25/h1-10,13,20H,11-12,14-15H2,(H,24,26)/t20-/m0/s1. The van der Waals surface area contributed by atoms with Gasteiger partial charge in [-0.3, -0.25) is 9.69 Å². The fraction of sp³-hybridized carbons (Fsp3) is 0.227.